The molecule has 8 aromatic carbocycles. The molecule has 12 heteroatoms. The summed E-state index contributed by atoms with van der Waals surface area (Å²) >= 11 is 0. The molecule has 338 valence electrons. The second-order valence-electron chi connectivity index (χ2n) is 18.2. The summed E-state index contributed by atoms with van der Waals surface area (Å²) in [4.78, 5) is 0. The van der Waals surface area contributed by atoms with Gasteiger partial charge in [-0.1, -0.05) is 48.5 Å². The minimum Gasteiger partial charge on any atom is -0.508 e. The highest BCUT2D eigenvalue weighted by atomic mass is 16.5. The van der Waals surface area contributed by atoms with Crippen LogP contribution >= 0.6 is 0 Å². The highest BCUT2D eigenvalue weighted by molar-refractivity contribution is 5.71. The number of phenols is 10. The van der Waals surface area contributed by atoms with E-state index >= 15 is 0 Å². The zero-order valence-corrected chi connectivity index (χ0v) is 35.8. The Kier molecular flexibility index (Phi) is 8.97. The van der Waals surface area contributed by atoms with Gasteiger partial charge in [-0.15, -0.1) is 0 Å². The second kappa shape index (κ2) is 14.9. The highest BCUT2D eigenvalue weighted by Gasteiger charge is 2.55. The normalized spacial score (nSPS) is 22.6. The molecule has 8 unspecified atom stereocenters. The SMILES string of the molecule is Oc1ccc(C2Oc3cc(O)cc4c3C2c2cc(O)cc(O)c2C2C(c3ccc(O)cc3)c3cc(O)cc5c3C(c3cc(O)cc(O)c3C2C4c2ccc(O)cc2)C(c2ccc(O)cc2)O5)cc1. The molecule has 0 saturated carbocycles. The van der Waals surface area contributed by atoms with Crippen molar-refractivity contribution in [2.24, 2.45) is 0 Å². The molecule has 12 nitrogen and oxygen atoms in total. The predicted octanol–water partition coefficient (Wildman–Crippen LogP) is 10.4. The standard InChI is InChI=1S/C56H42O12/c57-29-9-1-25(2-10-29)45-37-19-35(63)23-43-49(37)51(55(67-43)27-5-13-31(59)14-6-27)40-18-34(62)22-42(66)48(40)54-46(26-3-11-30(58)12-4-26)38-20-36(64)24-44-50(38)52(56(68-44)28-7-15-32(60)16-8-28)39-17-33(61)21-41(65)47(39)53(45)54/h1-24,45-46,51-66H. The van der Waals surface area contributed by atoms with Gasteiger partial charge in [-0.3, -0.25) is 0 Å². The molecule has 2 heterocycles. The molecule has 8 atom stereocenters. The first-order chi connectivity index (χ1) is 32.8. The van der Waals surface area contributed by atoms with Gasteiger partial charge in [0.2, 0.25) is 0 Å². The summed E-state index contributed by atoms with van der Waals surface area (Å²) in [6.07, 6.45) is -1.70. The minimum atomic E-state index is -1.01. The third-order valence-corrected chi connectivity index (χ3v) is 14.5. The summed E-state index contributed by atoms with van der Waals surface area (Å²) in [6, 6.07) is 38.3. The van der Waals surface area contributed by atoms with Crippen molar-refractivity contribution in [3.63, 3.8) is 0 Å². The molecule has 0 amide bonds. The molecule has 0 aromatic heterocycles. The molecule has 0 spiro atoms. The van der Waals surface area contributed by atoms with E-state index in [0.29, 0.717) is 78.3 Å². The van der Waals surface area contributed by atoms with Crippen LogP contribution in [0.5, 0.6) is 69.0 Å². The Balaban J connectivity index is 1.29. The average molecular weight is 907 g/mol. The molecule has 0 saturated heterocycles. The number of ether oxygens (including phenoxy) is 2. The Morgan fingerprint density at radius 1 is 0.265 bits per heavy atom. The lowest BCUT2D eigenvalue weighted by atomic mass is 9.55. The van der Waals surface area contributed by atoms with Crippen LogP contribution in [0.1, 0.15) is 114 Å². The van der Waals surface area contributed by atoms with E-state index in [-0.39, 0.29) is 57.5 Å². The van der Waals surface area contributed by atoms with E-state index in [0.717, 1.165) is 0 Å². The fourth-order valence-corrected chi connectivity index (χ4v) is 12.0. The zero-order valence-electron chi connectivity index (χ0n) is 35.8. The summed E-state index contributed by atoms with van der Waals surface area (Å²) in [7, 11) is 0. The van der Waals surface area contributed by atoms with Gasteiger partial charge in [0, 0.05) is 70.2 Å². The Morgan fingerprint density at radius 2 is 0.544 bits per heavy atom. The number of hydrogen-bond acceptors (Lipinski definition) is 12. The maximum atomic E-state index is 12.8. The summed E-state index contributed by atoms with van der Waals surface area (Å²) in [5.41, 5.74) is 6.44. The van der Waals surface area contributed by atoms with Gasteiger partial charge in [-0.05, 0) is 117 Å². The number of rotatable bonds is 4. The Morgan fingerprint density at radius 3 is 0.868 bits per heavy atom. The topological polar surface area (TPSA) is 221 Å². The van der Waals surface area contributed by atoms with Gasteiger partial charge in [0.15, 0.2) is 0 Å². The third-order valence-electron chi connectivity index (χ3n) is 14.5. The summed E-state index contributed by atoms with van der Waals surface area (Å²) < 4.78 is 13.8. The van der Waals surface area contributed by atoms with Gasteiger partial charge in [0.05, 0.1) is 11.8 Å². The molecule has 10 N–H and O–H groups in total. The van der Waals surface area contributed by atoms with E-state index in [1.807, 2.05) is 0 Å². The lowest BCUT2D eigenvalue weighted by molar-refractivity contribution is 0.219. The maximum absolute atomic E-state index is 12.8. The molecular weight excluding hydrogens is 865 g/mol. The largest absolute Gasteiger partial charge is 0.508 e. The summed E-state index contributed by atoms with van der Waals surface area (Å²) in [5, 5.41) is 115. The van der Waals surface area contributed by atoms with Gasteiger partial charge < -0.3 is 60.5 Å². The van der Waals surface area contributed by atoms with Crippen LogP contribution in [0.3, 0.4) is 0 Å². The van der Waals surface area contributed by atoms with Crippen molar-refractivity contribution in [3.05, 3.63) is 212 Å². The summed E-state index contributed by atoms with van der Waals surface area (Å²) in [6.45, 7) is 0. The van der Waals surface area contributed by atoms with Crippen molar-refractivity contribution < 1.29 is 60.5 Å². The van der Waals surface area contributed by atoms with Crippen LogP contribution in [0.2, 0.25) is 0 Å². The van der Waals surface area contributed by atoms with Crippen LogP contribution in [0.4, 0.5) is 0 Å². The van der Waals surface area contributed by atoms with Gasteiger partial charge in [0.1, 0.15) is 81.2 Å². The van der Waals surface area contributed by atoms with E-state index in [1.165, 1.54) is 48.5 Å². The third kappa shape index (κ3) is 6.20. The van der Waals surface area contributed by atoms with Crippen LogP contribution < -0.4 is 9.47 Å². The molecular formula is C56H42O12. The molecule has 2 aliphatic carbocycles. The van der Waals surface area contributed by atoms with E-state index in [2.05, 4.69) is 0 Å². The lowest BCUT2D eigenvalue weighted by Crippen LogP contribution is -2.33. The number of hydrogen-bond donors (Lipinski definition) is 10. The predicted molar refractivity (Wildman–Crippen MR) is 248 cm³/mol. The monoisotopic (exact) mass is 906 g/mol. The average Bonchev–Trinajstić information content (AvgIpc) is 3.87. The smallest absolute Gasteiger partial charge is 0.135 e. The molecule has 8 aromatic rings. The van der Waals surface area contributed by atoms with E-state index in [4.69, 9.17) is 9.47 Å². The number of fused-ring (bicyclic) bond motifs is 7. The van der Waals surface area contributed by atoms with Crippen molar-refractivity contribution in [3.8, 4) is 69.0 Å². The molecule has 0 bridgehead atoms. The number of aromatic hydroxyl groups is 10. The van der Waals surface area contributed by atoms with Crippen LogP contribution in [-0.2, 0) is 0 Å². The zero-order chi connectivity index (χ0) is 46.9. The fourth-order valence-electron chi connectivity index (χ4n) is 12.0. The first-order valence-electron chi connectivity index (χ1n) is 22.2. The van der Waals surface area contributed by atoms with Crippen molar-refractivity contribution in [2.75, 3.05) is 0 Å². The molecule has 68 heavy (non-hydrogen) atoms. The summed E-state index contributed by atoms with van der Waals surface area (Å²) in [5.74, 6) is -6.17. The second-order valence-corrected chi connectivity index (χ2v) is 18.2. The first kappa shape index (κ1) is 40.8. The van der Waals surface area contributed by atoms with Crippen molar-refractivity contribution in [1.29, 1.82) is 0 Å². The minimum absolute atomic E-state index is 0.0195. The fraction of sp³-hybridized carbons (Fsp3) is 0.143. The molecule has 12 rings (SSSR count). The van der Waals surface area contributed by atoms with Crippen molar-refractivity contribution in [1.82, 2.24) is 0 Å². The molecule has 0 radical (unpaired) electrons. The van der Waals surface area contributed by atoms with E-state index in [1.54, 1.807) is 97.1 Å². The Bertz CT molecular complexity index is 3110. The van der Waals surface area contributed by atoms with Crippen LogP contribution in [-0.4, -0.2) is 51.1 Å². The van der Waals surface area contributed by atoms with Crippen LogP contribution in [0, 0.1) is 0 Å². The number of benzene rings is 8. The van der Waals surface area contributed by atoms with Crippen molar-refractivity contribution in [2.45, 2.75) is 47.7 Å². The quantitative estimate of drug-likeness (QED) is 0.0797. The highest BCUT2D eigenvalue weighted by Crippen LogP contribution is 2.69. The maximum Gasteiger partial charge on any atom is 0.135 e. The first-order valence-corrected chi connectivity index (χ1v) is 22.2. The molecule has 2 aliphatic heterocycles. The Hall–Kier alpha value is -8.64. The van der Waals surface area contributed by atoms with Gasteiger partial charge in [-0.2, -0.15) is 0 Å². The van der Waals surface area contributed by atoms with E-state index in [9.17, 15) is 51.1 Å². The lowest BCUT2D eigenvalue weighted by Gasteiger charge is -2.46. The van der Waals surface area contributed by atoms with Crippen LogP contribution in [0.15, 0.2) is 146 Å². The van der Waals surface area contributed by atoms with E-state index < -0.39 is 47.7 Å². The molecule has 4 aliphatic rings. The van der Waals surface area contributed by atoms with Gasteiger partial charge in [-0.25, -0.2) is 0 Å². The number of phenolic OH excluding ortho intramolecular Hbond substituents is 10. The van der Waals surface area contributed by atoms with Crippen molar-refractivity contribution >= 4 is 0 Å². The van der Waals surface area contributed by atoms with Crippen LogP contribution in [0.25, 0.3) is 0 Å². The Labute approximate surface area is 388 Å². The molecule has 0 fully saturated rings. The van der Waals surface area contributed by atoms with Gasteiger partial charge in [0.25, 0.3) is 0 Å². The van der Waals surface area contributed by atoms with Gasteiger partial charge >= 0.3 is 0 Å².